The standard InChI is InChI=1S/C15H28O2/c1-6-11(2)14(16)17-13-9-7-12(8-10-13)15(3,4)5/h11-13H,6-10H2,1-5H3. The van der Waals surface area contributed by atoms with Gasteiger partial charge in [0, 0.05) is 0 Å². The molecule has 1 atom stereocenters. The van der Waals surface area contributed by atoms with Gasteiger partial charge < -0.3 is 4.74 Å². The smallest absolute Gasteiger partial charge is 0.308 e. The van der Waals surface area contributed by atoms with E-state index in [4.69, 9.17) is 4.74 Å². The Morgan fingerprint density at radius 2 is 1.76 bits per heavy atom. The van der Waals surface area contributed by atoms with Gasteiger partial charge in [0.1, 0.15) is 6.10 Å². The Kier molecular flexibility index (Phi) is 5.03. The molecule has 1 aliphatic carbocycles. The number of ether oxygens (including phenoxy) is 1. The van der Waals surface area contributed by atoms with Crippen molar-refractivity contribution in [3.05, 3.63) is 0 Å². The van der Waals surface area contributed by atoms with Gasteiger partial charge in [0.2, 0.25) is 0 Å². The van der Waals surface area contributed by atoms with E-state index in [-0.39, 0.29) is 18.0 Å². The summed E-state index contributed by atoms with van der Waals surface area (Å²) in [5.41, 5.74) is 0.395. The van der Waals surface area contributed by atoms with Crippen molar-refractivity contribution in [2.24, 2.45) is 17.3 Å². The van der Waals surface area contributed by atoms with Crippen molar-refractivity contribution >= 4 is 5.97 Å². The molecule has 1 unspecified atom stereocenters. The average Bonchev–Trinajstić information content (AvgIpc) is 2.27. The van der Waals surface area contributed by atoms with E-state index in [0.717, 1.165) is 25.2 Å². The van der Waals surface area contributed by atoms with Crippen molar-refractivity contribution in [3.63, 3.8) is 0 Å². The number of esters is 1. The van der Waals surface area contributed by atoms with E-state index in [2.05, 4.69) is 20.8 Å². The molecule has 1 rings (SSSR count). The summed E-state index contributed by atoms with van der Waals surface area (Å²) in [6.07, 6.45) is 5.53. The highest BCUT2D eigenvalue weighted by Crippen LogP contribution is 2.38. The van der Waals surface area contributed by atoms with Crippen molar-refractivity contribution in [1.82, 2.24) is 0 Å². The first-order chi connectivity index (χ1) is 7.84. The van der Waals surface area contributed by atoms with Crippen molar-refractivity contribution in [3.8, 4) is 0 Å². The molecule has 17 heavy (non-hydrogen) atoms. The lowest BCUT2D eigenvalue weighted by molar-refractivity contribution is -0.155. The highest BCUT2D eigenvalue weighted by Gasteiger charge is 2.31. The highest BCUT2D eigenvalue weighted by atomic mass is 16.5. The lowest BCUT2D eigenvalue weighted by Crippen LogP contribution is -2.31. The fraction of sp³-hybridized carbons (Fsp3) is 0.933. The molecule has 0 radical (unpaired) electrons. The summed E-state index contributed by atoms with van der Waals surface area (Å²) in [5, 5.41) is 0. The fourth-order valence-corrected chi connectivity index (χ4v) is 2.49. The molecule has 0 aromatic rings. The summed E-state index contributed by atoms with van der Waals surface area (Å²) in [6.45, 7) is 10.9. The van der Waals surface area contributed by atoms with Gasteiger partial charge >= 0.3 is 5.97 Å². The molecule has 0 spiro atoms. The van der Waals surface area contributed by atoms with Gasteiger partial charge in [-0.2, -0.15) is 0 Å². The van der Waals surface area contributed by atoms with Gasteiger partial charge in [0.25, 0.3) is 0 Å². The molecule has 1 fully saturated rings. The van der Waals surface area contributed by atoms with Crippen molar-refractivity contribution in [2.75, 3.05) is 0 Å². The highest BCUT2D eigenvalue weighted by molar-refractivity contribution is 5.72. The first-order valence-corrected chi connectivity index (χ1v) is 7.05. The van der Waals surface area contributed by atoms with Crippen LogP contribution in [0.2, 0.25) is 0 Å². The summed E-state index contributed by atoms with van der Waals surface area (Å²) < 4.78 is 5.57. The topological polar surface area (TPSA) is 26.3 Å². The predicted molar refractivity (Wildman–Crippen MR) is 70.7 cm³/mol. The molecular formula is C15H28O2. The molecule has 2 heteroatoms. The second-order valence-corrected chi connectivity index (χ2v) is 6.59. The zero-order valence-electron chi connectivity index (χ0n) is 12.1. The molecule has 2 nitrogen and oxygen atoms in total. The van der Waals surface area contributed by atoms with Crippen LogP contribution in [0, 0.1) is 17.3 Å². The largest absolute Gasteiger partial charge is 0.462 e. The van der Waals surface area contributed by atoms with Crippen LogP contribution < -0.4 is 0 Å². The summed E-state index contributed by atoms with van der Waals surface area (Å²) in [4.78, 5) is 11.7. The first kappa shape index (κ1) is 14.5. The zero-order chi connectivity index (χ0) is 13.1. The van der Waals surface area contributed by atoms with E-state index < -0.39 is 0 Å². The van der Waals surface area contributed by atoms with E-state index in [1.807, 2.05) is 13.8 Å². The normalized spacial score (nSPS) is 27.6. The summed E-state index contributed by atoms with van der Waals surface area (Å²) in [7, 11) is 0. The molecule has 0 aromatic carbocycles. The third-order valence-electron chi connectivity index (χ3n) is 4.20. The number of carbonyl (C=O) groups is 1. The van der Waals surface area contributed by atoms with Gasteiger partial charge in [-0.05, 0) is 43.4 Å². The molecule has 0 amide bonds. The maximum Gasteiger partial charge on any atom is 0.308 e. The van der Waals surface area contributed by atoms with Crippen LogP contribution in [0.25, 0.3) is 0 Å². The molecule has 0 aliphatic heterocycles. The van der Waals surface area contributed by atoms with Gasteiger partial charge in [-0.15, -0.1) is 0 Å². The predicted octanol–water partition coefficient (Wildman–Crippen LogP) is 4.18. The minimum absolute atomic E-state index is 0.00768. The average molecular weight is 240 g/mol. The summed E-state index contributed by atoms with van der Waals surface area (Å²) >= 11 is 0. The molecule has 1 aliphatic rings. The molecular weight excluding hydrogens is 212 g/mol. The second kappa shape index (κ2) is 5.88. The fourth-order valence-electron chi connectivity index (χ4n) is 2.49. The van der Waals surface area contributed by atoms with Gasteiger partial charge in [-0.3, -0.25) is 4.79 Å². The Bertz CT molecular complexity index is 244. The molecule has 0 aromatic heterocycles. The van der Waals surface area contributed by atoms with Crippen LogP contribution in [-0.2, 0) is 9.53 Å². The van der Waals surface area contributed by atoms with Crippen molar-refractivity contribution in [1.29, 1.82) is 0 Å². The third kappa shape index (κ3) is 4.33. The van der Waals surface area contributed by atoms with E-state index in [1.165, 1.54) is 12.8 Å². The van der Waals surface area contributed by atoms with Crippen LogP contribution in [0.15, 0.2) is 0 Å². The van der Waals surface area contributed by atoms with Crippen LogP contribution in [0.3, 0.4) is 0 Å². The number of rotatable bonds is 3. The Labute approximate surface area is 106 Å². The van der Waals surface area contributed by atoms with E-state index in [9.17, 15) is 4.79 Å². The van der Waals surface area contributed by atoms with E-state index in [1.54, 1.807) is 0 Å². The Morgan fingerprint density at radius 3 is 2.18 bits per heavy atom. The molecule has 100 valence electrons. The second-order valence-electron chi connectivity index (χ2n) is 6.59. The van der Waals surface area contributed by atoms with Gasteiger partial charge in [-0.1, -0.05) is 34.6 Å². The van der Waals surface area contributed by atoms with Gasteiger partial charge in [0.05, 0.1) is 5.92 Å². The first-order valence-electron chi connectivity index (χ1n) is 7.05. The van der Waals surface area contributed by atoms with Crippen LogP contribution in [0.5, 0.6) is 0 Å². The van der Waals surface area contributed by atoms with Crippen molar-refractivity contribution in [2.45, 2.75) is 72.8 Å². The summed E-state index contributed by atoms with van der Waals surface area (Å²) in [6, 6.07) is 0. The van der Waals surface area contributed by atoms with Crippen LogP contribution >= 0.6 is 0 Å². The Balaban J connectivity index is 2.35. The maximum atomic E-state index is 11.7. The maximum absolute atomic E-state index is 11.7. The molecule has 0 N–H and O–H groups in total. The molecule has 0 bridgehead atoms. The molecule has 1 saturated carbocycles. The van der Waals surface area contributed by atoms with E-state index >= 15 is 0 Å². The Morgan fingerprint density at radius 1 is 1.24 bits per heavy atom. The number of carbonyl (C=O) groups excluding carboxylic acids is 1. The number of hydrogen-bond donors (Lipinski definition) is 0. The minimum Gasteiger partial charge on any atom is -0.462 e. The van der Waals surface area contributed by atoms with Gasteiger partial charge in [-0.25, -0.2) is 0 Å². The van der Waals surface area contributed by atoms with Crippen molar-refractivity contribution < 1.29 is 9.53 Å². The quantitative estimate of drug-likeness (QED) is 0.692. The monoisotopic (exact) mass is 240 g/mol. The molecule has 0 heterocycles. The van der Waals surface area contributed by atoms with Crippen LogP contribution in [0.1, 0.15) is 66.7 Å². The van der Waals surface area contributed by atoms with E-state index in [0.29, 0.717) is 5.41 Å². The molecule has 0 saturated heterocycles. The lowest BCUT2D eigenvalue weighted by Gasteiger charge is -2.36. The van der Waals surface area contributed by atoms with Gasteiger partial charge in [0.15, 0.2) is 0 Å². The van der Waals surface area contributed by atoms with Crippen LogP contribution in [0.4, 0.5) is 0 Å². The Hall–Kier alpha value is -0.530. The zero-order valence-corrected chi connectivity index (χ0v) is 12.1. The third-order valence-corrected chi connectivity index (χ3v) is 4.20. The SMILES string of the molecule is CCC(C)C(=O)OC1CCC(C(C)(C)C)CC1. The minimum atomic E-state index is -0.00768. The lowest BCUT2D eigenvalue weighted by atomic mass is 9.72. The van der Waals surface area contributed by atoms with Crippen LogP contribution in [-0.4, -0.2) is 12.1 Å². The summed E-state index contributed by atoms with van der Waals surface area (Å²) in [5.74, 6) is 0.822. The number of hydrogen-bond acceptors (Lipinski definition) is 2.